The molecule has 7 aromatic rings. The van der Waals surface area contributed by atoms with Gasteiger partial charge in [0.2, 0.25) is 28.7 Å². The van der Waals surface area contributed by atoms with Crippen molar-refractivity contribution in [2.75, 3.05) is 0 Å². The van der Waals surface area contributed by atoms with E-state index in [-0.39, 0.29) is 5.69 Å². The number of phenols is 10. The van der Waals surface area contributed by atoms with Gasteiger partial charge in [-0.05, 0) is 72.3 Å². The van der Waals surface area contributed by atoms with Crippen molar-refractivity contribution in [2.24, 2.45) is 0 Å². The zero-order valence-corrected chi connectivity index (χ0v) is 34.8. The quantitative estimate of drug-likeness (QED) is 0.0417. The maximum absolute atomic E-state index is 13.3. The van der Waals surface area contributed by atoms with E-state index in [4.69, 9.17) is 23.7 Å². The summed E-state index contributed by atoms with van der Waals surface area (Å²) in [5, 5.41) is 119. The SMILES string of the molecule is O=C(O)c1cc(O)c(O)c(OC(=O)c2cc(O)c(O)c(OC(=O)c3cc(O)c(O)c(OC(=O)c4cc(O)c(O)c(OC(=O)c5cc(O)c(O)c(OC(=O)c6cc(Cc7ccccc7)n[nH]6)c5)c4)c3)c2)c1. The van der Waals surface area contributed by atoms with Gasteiger partial charge >= 0.3 is 35.8 Å². The molecule has 0 amide bonds. The summed E-state index contributed by atoms with van der Waals surface area (Å²) in [6.07, 6.45) is 0.345. The maximum atomic E-state index is 13.3. The highest BCUT2D eigenvalue weighted by atomic mass is 16.6. The number of aromatic carboxylic acids is 1. The molecule has 0 aliphatic rings. The number of hydrogen-bond donors (Lipinski definition) is 12. The Labute approximate surface area is 388 Å². The molecule has 0 aliphatic heterocycles. The number of nitrogens with zero attached hydrogens (tertiary/aromatic N) is 1. The van der Waals surface area contributed by atoms with Crippen LogP contribution in [0.2, 0.25) is 0 Å². The summed E-state index contributed by atoms with van der Waals surface area (Å²) < 4.78 is 25.4. The summed E-state index contributed by atoms with van der Waals surface area (Å²) in [7, 11) is 0. The van der Waals surface area contributed by atoms with Crippen molar-refractivity contribution < 1.29 is 109 Å². The van der Waals surface area contributed by atoms with Gasteiger partial charge in [-0.15, -0.1) is 0 Å². The van der Waals surface area contributed by atoms with Crippen LogP contribution in [0, 0.1) is 0 Å². The van der Waals surface area contributed by atoms with E-state index in [2.05, 4.69) is 10.2 Å². The van der Waals surface area contributed by atoms with Crippen LogP contribution in [0.25, 0.3) is 0 Å². The lowest BCUT2D eigenvalue weighted by Crippen LogP contribution is -2.14. The van der Waals surface area contributed by atoms with Crippen LogP contribution < -0.4 is 23.7 Å². The molecule has 0 radical (unpaired) electrons. The first-order valence-corrected chi connectivity index (χ1v) is 19.4. The molecule has 70 heavy (non-hydrogen) atoms. The Hall–Kier alpha value is -10.7. The van der Waals surface area contributed by atoms with E-state index in [1.807, 2.05) is 30.3 Å². The molecule has 0 spiro atoms. The van der Waals surface area contributed by atoms with Gasteiger partial charge in [0.15, 0.2) is 57.5 Å². The molecule has 0 fully saturated rings. The van der Waals surface area contributed by atoms with E-state index < -0.39 is 150 Å². The number of nitrogens with one attached hydrogen (secondary N) is 1. The molecule has 0 aliphatic carbocycles. The molecular formula is C46H30N2O22. The molecule has 0 unspecified atom stereocenters. The molecule has 7 rings (SSSR count). The third-order valence-corrected chi connectivity index (χ3v) is 9.56. The van der Waals surface area contributed by atoms with Gasteiger partial charge in [-0.1, -0.05) is 30.3 Å². The Morgan fingerprint density at radius 2 is 0.700 bits per heavy atom. The summed E-state index contributed by atoms with van der Waals surface area (Å²) in [5.41, 5.74) is -2.19. The predicted molar refractivity (Wildman–Crippen MR) is 228 cm³/mol. The van der Waals surface area contributed by atoms with Gasteiger partial charge in [0, 0.05) is 6.42 Å². The third-order valence-electron chi connectivity index (χ3n) is 9.56. The second-order valence-electron chi connectivity index (χ2n) is 14.4. The van der Waals surface area contributed by atoms with Crippen molar-refractivity contribution in [3.05, 3.63) is 142 Å². The number of carboxylic acids is 1. The number of aromatic hydroxyl groups is 10. The fourth-order valence-corrected chi connectivity index (χ4v) is 6.10. The first kappa shape index (κ1) is 47.3. The van der Waals surface area contributed by atoms with Crippen molar-refractivity contribution in [1.29, 1.82) is 0 Å². The number of aromatic nitrogens is 2. The number of esters is 5. The van der Waals surface area contributed by atoms with Crippen LogP contribution in [-0.4, -0.2) is 102 Å². The van der Waals surface area contributed by atoms with Gasteiger partial charge < -0.3 is 79.9 Å². The third kappa shape index (κ3) is 10.1. The predicted octanol–water partition coefficient (Wildman–Crippen LogP) is 4.85. The van der Waals surface area contributed by atoms with E-state index in [1.54, 1.807) is 0 Å². The average molecular weight is 963 g/mol. The van der Waals surface area contributed by atoms with Crippen LogP contribution in [0.15, 0.2) is 97.1 Å². The normalized spacial score (nSPS) is 10.7. The van der Waals surface area contributed by atoms with E-state index >= 15 is 0 Å². The molecule has 0 bridgehead atoms. The van der Waals surface area contributed by atoms with Crippen molar-refractivity contribution >= 4 is 35.8 Å². The molecule has 0 saturated carbocycles. The number of carbonyl (C=O) groups is 6. The topological polar surface area (TPSA) is 400 Å². The molecule has 356 valence electrons. The molecule has 24 heteroatoms. The minimum Gasteiger partial charge on any atom is -0.504 e. The number of H-pyrrole nitrogens is 1. The van der Waals surface area contributed by atoms with Gasteiger partial charge in [0.25, 0.3) is 0 Å². The summed E-state index contributed by atoms with van der Waals surface area (Å²) in [6.45, 7) is 0. The number of carbonyl (C=O) groups excluding carboxylic acids is 5. The molecule has 6 aromatic carbocycles. The first-order valence-electron chi connectivity index (χ1n) is 19.4. The highest BCUT2D eigenvalue weighted by Crippen LogP contribution is 2.43. The largest absolute Gasteiger partial charge is 0.504 e. The van der Waals surface area contributed by atoms with Crippen molar-refractivity contribution in [3.63, 3.8) is 0 Å². The molecule has 0 saturated heterocycles. The Morgan fingerprint density at radius 1 is 0.400 bits per heavy atom. The lowest BCUT2D eigenvalue weighted by molar-refractivity contribution is 0.0684. The fourth-order valence-electron chi connectivity index (χ4n) is 6.10. The number of benzene rings is 6. The molecule has 0 atom stereocenters. The van der Waals surface area contributed by atoms with E-state index in [9.17, 15) is 84.9 Å². The highest BCUT2D eigenvalue weighted by Gasteiger charge is 2.27. The average Bonchev–Trinajstić information content (AvgIpc) is 3.79. The number of hydrogen-bond acceptors (Lipinski definition) is 22. The molecule has 1 aromatic heterocycles. The van der Waals surface area contributed by atoms with Crippen LogP contribution in [0.1, 0.15) is 73.5 Å². The zero-order chi connectivity index (χ0) is 50.7. The van der Waals surface area contributed by atoms with Crippen LogP contribution in [0.4, 0.5) is 0 Å². The van der Waals surface area contributed by atoms with Crippen molar-refractivity contribution in [3.8, 4) is 86.2 Å². The molecule has 24 nitrogen and oxygen atoms in total. The minimum atomic E-state index is -1.58. The minimum absolute atomic E-state index is 0.167. The zero-order valence-electron chi connectivity index (χ0n) is 34.8. The van der Waals surface area contributed by atoms with Crippen molar-refractivity contribution in [1.82, 2.24) is 10.2 Å². The lowest BCUT2D eigenvalue weighted by Gasteiger charge is -2.13. The van der Waals surface area contributed by atoms with Crippen LogP contribution in [-0.2, 0) is 6.42 Å². The summed E-state index contributed by atoms with van der Waals surface area (Å²) in [6, 6.07) is 17.0. The van der Waals surface area contributed by atoms with Crippen molar-refractivity contribution in [2.45, 2.75) is 6.42 Å². The summed E-state index contributed by atoms with van der Waals surface area (Å²) in [5.74, 6) is -23.7. The summed E-state index contributed by atoms with van der Waals surface area (Å²) in [4.78, 5) is 77.0. The summed E-state index contributed by atoms with van der Waals surface area (Å²) >= 11 is 0. The molecule has 1 heterocycles. The molecular weight excluding hydrogens is 932 g/mol. The van der Waals surface area contributed by atoms with Crippen LogP contribution in [0.5, 0.6) is 86.2 Å². The van der Waals surface area contributed by atoms with E-state index in [0.717, 1.165) is 11.6 Å². The number of aromatic amines is 1. The van der Waals surface area contributed by atoms with Gasteiger partial charge in [-0.2, -0.15) is 5.10 Å². The number of ether oxygens (including phenoxy) is 5. The van der Waals surface area contributed by atoms with Gasteiger partial charge in [0.05, 0.1) is 33.5 Å². The maximum Gasteiger partial charge on any atom is 0.361 e. The molecule has 12 N–H and O–H groups in total. The number of rotatable bonds is 13. The second kappa shape index (κ2) is 19.1. The van der Waals surface area contributed by atoms with Crippen LogP contribution in [0.3, 0.4) is 0 Å². The Balaban J connectivity index is 1.06. The fraction of sp³-hybridized carbons (Fsp3) is 0.0217. The first-order chi connectivity index (χ1) is 33.2. The van der Waals surface area contributed by atoms with Gasteiger partial charge in [-0.3, -0.25) is 5.10 Å². The monoisotopic (exact) mass is 962 g/mol. The second-order valence-corrected chi connectivity index (χ2v) is 14.4. The van der Waals surface area contributed by atoms with E-state index in [0.29, 0.717) is 66.7 Å². The van der Waals surface area contributed by atoms with Gasteiger partial charge in [-0.25, -0.2) is 28.8 Å². The smallest absolute Gasteiger partial charge is 0.361 e. The Morgan fingerprint density at radius 3 is 1.03 bits per heavy atom. The number of phenolic OH excluding ortho intramolecular Hbond substituents is 10. The van der Waals surface area contributed by atoms with E-state index in [1.165, 1.54) is 6.07 Å². The Bertz CT molecular complexity index is 3310. The highest BCUT2D eigenvalue weighted by molar-refractivity contribution is 5.98. The number of carboxylic acid groups (broad SMARTS) is 1. The van der Waals surface area contributed by atoms with Crippen LogP contribution >= 0.6 is 0 Å². The Kier molecular flexibility index (Phi) is 12.9. The lowest BCUT2D eigenvalue weighted by atomic mass is 10.1. The van der Waals surface area contributed by atoms with Gasteiger partial charge in [0.1, 0.15) is 5.69 Å². The standard InChI is InChI=1S/C46H30N2O22/c49-26-7-19(41(59)60)12-31(36(26)54)66-42(61)20-8-27(50)37(55)32(13-20)67-43(62)21-9-28(51)38(56)33(14-21)68-44(63)22-10-29(52)39(57)34(15-22)69-45(64)23-11-30(53)40(58)35(16-23)70-46(65)25-17-24(47-48-25)6-18-4-2-1-3-5-18/h1-5,7-17,49-58H,6H2,(H,47,48)(H,59,60).